The van der Waals surface area contributed by atoms with Crippen LogP contribution >= 0.6 is 0 Å². The third-order valence-corrected chi connectivity index (χ3v) is 4.83. The second-order valence-electron chi connectivity index (χ2n) is 7.49. The Kier molecular flexibility index (Phi) is 8.85. The number of hydrogen-bond donors (Lipinski definition) is 2. The number of carbonyl (C=O) groups is 2. The molecule has 0 saturated carbocycles. The lowest BCUT2D eigenvalue weighted by atomic mass is 10.2. The summed E-state index contributed by atoms with van der Waals surface area (Å²) < 4.78 is 16.1. The van der Waals surface area contributed by atoms with Gasteiger partial charge < -0.3 is 25.7 Å². The minimum atomic E-state index is -0.519. The summed E-state index contributed by atoms with van der Waals surface area (Å²) in [5.41, 5.74) is 14.3. The zero-order chi connectivity index (χ0) is 25.0. The standard InChI is InChI=1S/C27H25N3O5/c28-15-1-2-16-33-23-12-7-20(8-13-23)27(32)35-24-10-3-19(4-11-24)5-14-26(31)34-18-21-6-9-22(29)17-25(21)30/h3-14,17H,1-2,16,18,29-30H2/b14-5+. The fourth-order valence-electron chi connectivity index (χ4n) is 2.95. The quantitative estimate of drug-likeness (QED) is 0.145. The van der Waals surface area contributed by atoms with Gasteiger partial charge in [-0.15, -0.1) is 0 Å². The van der Waals surface area contributed by atoms with Crippen LogP contribution in [0.3, 0.4) is 0 Å². The molecule has 35 heavy (non-hydrogen) atoms. The number of unbranched alkanes of at least 4 members (excludes halogenated alkanes) is 1. The van der Waals surface area contributed by atoms with Gasteiger partial charge in [0, 0.05) is 29.4 Å². The monoisotopic (exact) mass is 471 g/mol. The zero-order valence-corrected chi connectivity index (χ0v) is 19.0. The molecule has 0 atom stereocenters. The van der Waals surface area contributed by atoms with Gasteiger partial charge in [0.1, 0.15) is 18.1 Å². The molecule has 0 aliphatic heterocycles. The number of anilines is 2. The van der Waals surface area contributed by atoms with Crippen molar-refractivity contribution in [1.29, 1.82) is 5.26 Å². The van der Waals surface area contributed by atoms with Crippen molar-refractivity contribution in [3.05, 3.63) is 89.5 Å². The van der Waals surface area contributed by atoms with Crippen LogP contribution in [0.2, 0.25) is 0 Å². The van der Waals surface area contributed by atoms with Gasteiger partial charge in [-0.25, -0.2) is 9.59 Å². The zero-order valence-electron chi connectivity index (χ0n) is 19.0. The van der Waals surface area contributed by atoms with E-state index in [1.807, 2.05) is 0 Å². The highest BCUT2D eigenvalue weighted by atomic mass is 16.5. The first kappa shape index (κ1) is 24.9. The molecule has 8 nitrogen and oxygen atoms in total. The van der Waals surface area contributed by atoms with E-state index in [9.17, 15) is 9.59 Å². The topological polar surface area (TPSA) is 138 Å². The predicted molar refractivity (Wildman–Crippen MR) is 132 cm³/mol. The Morgan fingerprint density at radius 1 is 0.943 bits per heavy atom. The molecule has 178 valence electrons. The van der Waals surface area contributed by atoms with E-state index in [0.717, 1.165) is 5.56 Å². The molecule has 0 aliphatic carbocycles. The van der Waals surface area contributed by atoms with Crippen molar-refractivity contribution < 1.29 is 23.8 Å². The van der Waals surface area contributed by atoms with E-state index in [1.54, 1.807) is 72.8 Å². The number of nitrogen functional groups attached to an aromatic ring is 2. The molecule has 4 N–H and O–H groups in total. The number of esters is 2. The molecule has 8 heteroatoms. The second kappa shape index (κ2) is 12.5. The number of nitriles is 1. The largest absolute Gasteiger partial charge is 0.494 e. The molecule has 0 radical (unpaired) electrons. The van der Waals surface area contributed by atoms with Crippen LogP contribution in [-0.2, 0) is 16.1 Å². The Bertz CT molecular complexity index is 1230. The van der Waals surface area contributed by atoms with Crippen LogP contribution < -0.4 is 20.9 Å². The van der Waals surface area contributed by atoms with Crippen molar-refractivity contribution in [1.82, 2.24) is 0 Å². The van der Waals surface area contributed by atoms with Crippen LogP contribution in [0.25, 0.3) is 6.08 Å². The highest BCUT2D eigenvalue weighted by Crippen LogP contribution is 2.19. The van der Waals surface area contributed by atoms with E-state index in [4.69, 9.17) is 30.9 Å². The number of hydrogen-bond acceptors (Lipinski definition) is 8. The van der Waals surface area contributed by atoms with E-state index >= 15 is 0 Å². The lowest BCUT2D eigenvalue weighted by molar-refractivity contribution is -0.138. The maximum absolute atomic E-state index is 12.4. The second-order valence-corrected chi connectivity index (χ2v) is 7.49. The fraction of sp³-hybridized carbons (Fsp3) is 0.148. The number of nitrogens with zero attached hydrogens (tertiary/aromatic N) is 1. The first-order valence-corrected chi connectivity index (χ1v) is 10.9. The maximum atomic E-state index is 12.4. The maximum Gasteiger partial charge on any atom is 0.343 e. The molecule has 0 amide bonds. The minimum Gasteiger partial charge on any atom is -0.494 e. The molecular weight excluding hydrogens is 446 g/mol. The summed E-state index contributed by atoms with van der Waals surface area (Å²) in [6.07, 6.45) is 3.97. The molecule has 3 aromatic carbocycles. The molecule has 0 saturated heterocycles. The van der Waals surface area contributed by atoms with E-state index in [0.29, 0.717) is 53.4 Å². The molecule has 0 spiro atoms. The van der Waals surface area contributed by atoms with Gasteiger partial charge in [0.15, 0.2) is 0 Å². The molecule has 0 aliphatic rings. The average molecular weight is 472 g/mol. The molecule has 0 fully saturated rings. The summed E-state index contributed by atoms with van der Waals surface area (Å²) in [6, 6.07) is 20.3. The Hall–Kier alpha value is -4.77. The van der Waals surface area contributed by atoms with Crippen LogP contribution in [0.15, 0.2) is 72.8 Å². The van der Waals surface area contributed by atoms with Crippen molar-refractivity contribution >= 4 is 29.4 Å². The summed E-state index contributed by atoms with van der Waals surface area (Å²) in [5, 5.41) is 8.53. The Morgan fingerprint density at radius 3 is 2.34 bits per heavy atom. The smallest absolute Gasteiger partial charge is 0.343 e. The van der Waals surface area contributed by atoms with Gasteiger partial charge in [-0.3, -0.25) is 0 Å². The van der Waals surface area contributed by atoms with Gasteiger partial charge in [0.25, 0.3) is 0 Å². The summed E-state index contributed by atoms with van der Waals surface area (Å²) in [4.78, 5) is 24.3. The first-order valence-electron chi connectivity index (χ1n) is 10.9. The third kappa shape index (κ3) is 7.94. The van der Waals surface area contributed by atoms with Gasteiger partial charge in [0.2, 0.25) is 0 Å². The predicted octanol–water partition coefficient (Wildman–Crippen LogP) is 4.51. The number of benzene rings is 3. The molecule has 3 rings (SSSR count). The highest BCUT2D eigenvalue weighted by Gasteiger charge is 2.09. The van der Waals surface area contributed by atoms with Crippen LogP contribution in [0.1, 0.15) is 34.3 Å². The van der Waals surface area contributed by atoms with Crippen molar-refractivity contribution in [2.24, 2.45) is 0 Å². The van der Waals surface area contributed by atoms with Crippen molar-refractivity contribution in [3.8, 4) is 17.6 Å². The molecule has 0 aromatic heterocycles. The minimum absolute atomic E-state index is 0.0402. The van der Waals surface area contributed by atoms with E-state index in [1.165, 1.54) is 6.08 Å². The first-order chi connectivity index (χ1) is 16.9. The van der Waals surface area contributed by atoms with Crippen molar-refractivity contribution in [2.75, 3.05) is 18.1 Å². The number of nitrogens with two attached hydrogens (primary N) is 2. The third-order valence-electron chi connectivity index (χ3n) is 4.83. The summed E-state index contributed by atoms with van der Waals surface area (Å²) in [5.74, 6) is -0.0412. The van der Waals surface area contributed by atoms with Gasteiger partial charge in [-0.05, 0) is 66.6 Å². The molecule has 3 aromatic rings. The van der Waals surface area contributed by atoms with E-state index < -0.39 is 11.9 Å². The Morgan fingerprint density at radius 2 is 1.66 bits per heavy atom. The van der Waals surface area contributed by atoms with Crippen LogP contribution in [-0.4, -0.2) is 18.5 Å². The Labute approximate surface area is 203 Å². The number of carbonyl (C=O) groups excluding carboxylic acids is 2. The normalized spacial score (nSPS) is 10.5. The summed E-state index contributed by atoms with van der Waals surface area (Å²) in [7, 11) is 0. The lowest BCUT2D eigenvalue weighted by Crippen LogP contribution is -2.08. The number of rotatable bonds is 10. The lowest BCUT2D eigenvalue weighted by Gasteiger charge is -2.07. The van der Waals surface area contributed by atoms with Gasteiger partial charge in [0.05, 0.1) is 18.2 Å². The molecule has 0 bridgehead atoms. The molecular formula is C27H25N3O5. The van der Waals surface area contributed by atoms with E-state index in [2.05, 4.69) is 6.07 Å². The summed E-state index contributed by atoms with van der Waals surface area (Å²) >= 11 is 0. The van der Waals surface area contributed by atoms with Crippen LogP contribution in [0.4, 0.5) is 11.4 Å². The van der Waals surface area contributed by atoms with Crippen LogP contribution in [0.5, 0.6) is 11.5 Å². The number of ether oxygens (including phenoxy) is 3. The van der Waals surface area contributed by atoms with Crippen LogP contribution in [0, 0.1) is 11.3 Å². The molecule has 0 unspecified atom stereocenters. The Balaban J connectivity index is 1.47. The van der Waals surface area contributed by atoms with E-state index in [-0.39, 0.29) is 6.61 Å². The van der Waals surface area contributed by atoms with Gasteiger partial charge in [-0.2, -0.15) is 5.26 Å². The summed E-state index contributed by atoms with van der Waals surface area (Å²) in [6.45, 7) is 0.478. The SMILES string of the molecule is N#CCCCOc1ccc(C(=O)Oc2ccc(/C=C/C(=O)OCc3ccc(N)cc3N)cc2)cc1. The fourth-order valence-corrected chi connectivity index (χ4v) is 2.95. The van der Waals surface area contributed by atoms with Gasteiger partial charge >= 0.3 is 11.9 Å². The molecule has 0 heterocycles. The van der Waals surface area contributed by atoms with Crippen molar-refractivity contribution in [2.45, 2.75) is 19.4 Å². The van der Waals surface area contributed by atoms with Crippen molar-refractivity contribution in [3.63, 3.8) is 0 Å². The average Bonchev–Trinajstić information content (AvgIpc) is 2.86. The van der Waals surface area contributed by atoms with Gasteiger partial charge in [-0.1, -0.05) is 18.2 Å². The highest BCUT2D eigenvalue weighted by molar-refractivity contribution is 5.91.